The first-order valence-corrected chi connectivity index (χ1v) is 11.9. The van der Waals surface area contributed by atoms with E-state index >= 15 is 0 Å². The van der Waals surface area contributed by atoms with Gasteiger partial charge >= 0.3 is 5.76 Å². The molecule has 1 fully saturated rings. The third-order valence-corrected chi connectivity index (χ3v) is 6.19. The zero-order valence-corrected chi connectivity index (χ0v) is 20.6. The molecule has 9 heteroatoms. The minimum Gasteiger partial charge on any atom is -0.491 e. The van der Waals surface area contributed by atoms with Crippen molar-refractivity contribution in [2.24, 2.45) is 0 Å². The number of benzene rings is 2. The minimum absolute atomic E-state index is 0.0210. The van der Waals surface area contributed by atoms with Crippen LogP contribution in [0.4, 0.5) is 5.69 Å². The van der Waals surface area contributed by atoms with Crippen molar-refractivity contribution in [3.8, 4) is 5.75 Å². The summed E-state index contributed by atoms with van der Waals surface area (Å²) >= 11 is 0. The molecule has 0 bridgehead atoms. The highest BCUT2D eigenvalue weighted by atomic mass is 16.5. The number of ether oxygens (including phenoxy) is 1. The molecule has 2 heterocycles. The van der Waals surface area contributed by atoms with Crippen LogP contribution in [0.15, 0.2) is 51.7 Å². The molecule has 0 saturated carbocycles. The third-order valence-electron chi connectivity index (χ3n) is 6.19. The van der Waals surface area contributed by atoms with Gasteiger partial charge in [0.1, 0.15) is 5.75 Å². The number of carbonyl (C=O) groups excluding carboxylic acids is 2. The lowest BCUT2D eigenvalue weighted by Crippen LogP contribution is -2.51. The van der Waals surface area contributed by atoms with E-state index in [1.807, 2.05) is 49.9 Å². The fourth-order valence-electron chi connectivity index (χ4n) is 4.48. The summed E-state index contributed by atoms with van der Waals surface area (Å²) in [7, 11) is 0. The monoisotopic (exact) mass is 480 g/mol. The Morgan fingerprint density at radius 2 is 1.89 bits per heavy atom. The number of anilines is 1. The molecule has 186 valence electrons. The smallest absolute Gasteiger partial charge is 0.419 e. The molecule has 1 saturated heterocycles. The van der Waals surface area contributed by atoms with Crippen molar-refractivity contribution in [1.29, 1.82) is 0 Å². The van der Waals surface area contributed by atoms with Gasteiger partial charge in [0.2, 0.25) is 11.8 Å². The first-order chi connectivity index (χ1) is 16.7. The molecule has 1 atom stereocenters. The average molecular weight is 481 g/mol. The zero-order valence-electron chi connectivity index (χ0n) is 20.6. The molecular weight excluding hydrogens is 448 g/mol. The largest absolute Gasteiger partial charge is 0.491 e. The van der Waals surface area contributed by atoms with Crippen LogP contribution in [-0.2, 0) is 16.1 Å². The predicted molar refractivity (Wildman–Crippen MR) is 134 cm³/mol. The van der Waals surface area contributed by atoms with Crippen LogP contribution in [0.2, 0.25) is 0 Å². The molecule has 1 aliphatic rings. The molecule has 0 radical (unpaired) electrons. The number of fused-ring (bicyclic) bond motifs is 1. The number of oxazole rings is 1. The molecule has 1 aliphatic heterocycles. The summed E-state index contributed by atoms with van der Waals surface area (Å²) in [6.45, 7) is 9.72. The van der Waals surface area contributed by atoms with Gasteiger partial charge in [0.05, 0.1) is 24.2 Å². The van der Waals surface area contributed by atoms with Crippen LogP contribution < -0.4 is 15.8 Å². The normalized spacial score (nSPS) is 16.6. The van der Waals surface area contributed by atoms with Crippen LogP contribution in [0.25, 0.3) is 11.1 Å². The summed E-state index contributed by atoms with van der Waals surface area (Å²) in [6.07, 6.45) is 0.0803. The quantitative estimate of drug-likeness (QED) is 0.558. The first kappa shape index (κ1) is 24.5. The summed E-state index contributed by atoms with van der Waals surface area (Å²) in [6, 6.07) is 12.9. The first-order valence-electron chi connectivity index (χ1n) is 11.9. The summed E-state index contributed by atoms with van der Waals surface area (Å²) in [5.74, 6) is 0.212. The van der Waals surface area contributed by atoms with Gasteiger partial charge in [-0.3, -0.25) is 19.1 Å². The molecule has 0 aliphatic carbocycles. The molecule has 1 aromatic heterocycles. The fraction of sp³-hybridized carbons (Fsp3) is 0.423. The van der Waals surface area contributed by atoms with Gasteiger partial charge in [-0.15, -0.1) is 0 Å². The van der Waals surface area contributed by atoms with E-state index in [2.05, 4.69) is 10.2 Å². The standard InChI is InChI=1S/C26H32N4O5/c1-5-30-22-11-8-20(14-24(22)35-26(30)33)27-25(32)16-29-13-12-28(18(4)31)15-23(29)19-6-9-21(10-7-19)34-17(2)3/h6-11,14,17,23H,5,12-13,15-16H2,1-4H3,(H,27,32). The molecule has 2 amide bonds. The Balaban J connectivity index is 1.49. The van der Waals surface area contributed by atoms with Crippen LogP contribution in [0, 0.1) is 0 Å². The van der Waals surface area contributed by atoms with Crippen molar-refractivity contribution in [2.45, 2.75) is 46.4 Å². The van der Waals surface area contributed by atoms with Gasteiger partial charge in [-0.25, -0.2) is 4.79 Å². The lowest BCUT2D eigenvalue weighted by atomic mass is 10.0. The Morgan fingerprint density at radius 3 is 2.54 bits per heavy atom. The van der Waals surface area contributed by atoms with Gasteiger partial charge in [-0.2, -0.15) is 0 Å². The number of aryl methyl sites for hydroxylation is 1. The second-order valence-corrected chi connectivity index (χ2v) is 9.03. The van der Waals surface area contributed by atoms with E-state index in [1.165, 1.54) is 4.57 Å². The maximum atomic E-state index is 13.0. The van der Waals surface area contributed by atoms with Crippen LogP contribution >= 0.6 is 0 Å². The number of nitrogens with one attached hydrogen (secondary N) is 1. The molecule has 35 heavy (non-hydrogen) atoms. The molecule has 1 unspecified atom stereocenters. The topological polar surface area (TPSA) is 97.0 Å². The van der Waals surface area contributed by atoms with Crippen molar-refractivity contribution in [2.75, 3.05) is 31.5 Å². The van der Waals surface area contributed by atoms with E-state index in [9.17, 15) is 14.4 Å². The highest BCUT2D eigenvalue weighted by molar-refractivity contribution is 5.94. The second-order valence-electron chi connectivity index (χ2n) is 9.03. The molecule has 9 nitrogen and oxygen atoms in total. The molecule has 1 N–H and O–H groups in total. The molecule has 2 aromatic carbocycles. The maximum Gasteiger partial charge on any atom is 0.419 e. The molecule has 4 rings (SSSR count). The highest BCUT2D eigenvalue weighted by Gasteiger charge is 2.30. The summed E-state index contributed by atoms with van der Waals surface area (Å²) in [5, 5.41) is 2.91. The van der Waals surface area contributed by atoms with Gasteiger partial charge in [0, 0.05) is 44.9 Å². The Kier molecular flexibility index (Phi) is 7.25. The minimum atomic E-state index is -0.415. The van der Waals surface area contributed by atoms with Crippen molar-refractivity contribution in [3.63, 3.8) is 0 Å². The van der Waals surface area contributed by atoms with Gasteiger partial charge in [0.25, 0.3) is 0 Å². The van der Waals surface area contributed by atoms with Crippen LogP contribution in [0.1, 0.15) is 39.3 Å². The third kappa shape index (κ3) is 5.57. The fourth-order valence-corrected chi connectivity index (χ4v) is 4.48. The number of carbonyl (C=O) groups is 2. The number of piperazine rings is 1. The van der Waals surface area contributed by atoms with E-state index < -0.39 is 5.76 Å². The Labute approximate surface area is 204 Å². The molecular formula is C26H32N4O5. The van der Waals surface area contributed by atoms with Crippen LogP contribution in [0.3, 0.4) is 0 Å². The lowest BCUT2D eigenvalue weighted by molar-refractivity contribution is -0.132. The van der Waals surface area contributed by atoms with Crippen LogP contribution in [-0.4, -0.2) is 58.5 Å². The van der Waals surface area contributed by atoms with Gasteiger partial charge < -0.3 is 19.4 Å². The van der Waals surface area contributed by atoms with Gasteiger partial charge in [-0.05, 0) is 50.6 Å². The Bertz CT molecular complexity index is 1260. The number of rotatable bonds is 7. The van der Waals surface area contributed by atoms with Crippen LogP contribution in [0.5, 0.6) is 5.75 Å². The highest BCUT2D eigenvalue weighted by Crippen LogP contribution is 2.28. The lowest BCUT2D eigenvalue weighted by Gasteiger charge is -2.41. The van der Waals surface area contributed by atoms with Crippen molar-refractivity contribution in [1.82, 2.24) is 14.4 Å². The molecule has 3 aromatic rings. The van der Waals surface area contributed by atoms with Crippen molar-refractivity contribution in [3.05, 3.63) is 58.6 Å². The van der Waals surface area contributed by atoms with E-state index in [4.69, 9.17) is 9.15 Å². The second kappa shape index (κ2) is 10.4. The van der Waals surface area contributed by atoms with Crippen molar-refractivity contribution >= 4 is 28.6 Å². The average Bonchev–Trinajstić information content (AvgIpc) is 3.13. The van der Waals surface area contributed by atoms with Gasteiger partial charge in [-0.1, -0.05) is 12.1 Å². The number of nitrogens with zero attached hydrogens (tertiary/aromatic N) is 3. The summed E-state index contributed by atoms with van der Waals surface area (Å²) in [5.41, 5.74) is 2.71. The number of hydrogen-bond donors (Lipinski definition) is 1. The summed E-state index contributed by atoms with van der Waals surface area (Å²) < 4.78 is 12.6. The van der Waals surface area contributed by atoms with Crippen molar-refractivity contribution < 1.29 is 18.7 Å². The SMILES string of the molecule is CCn1c(=O)oc2cc(NC(=O)CN3CCN(C(C)=O)CC3c3ccc(OC(C)C)cc3)ccc21. The Morgan fingerprint density at radius 1 is 1.14 bits per heavy atom. The van der Waals surface area contributed by atoms with E-state index in [-0.39, 0.29) is 30.5 Å². The molecule has 0 spiro atoms. The number of amides is 2. The maximum absolute atomic E-state index is 13.0. The van der Waals surface area contributed by atoms with E-state index in [0.29, 0.717) is 43.0 Å². The number of hydrogen-bond acceptors (Lipinski definition) is 6. The Hall–Kier alpha value is -3.59. The van der Waals surface area contributed by atoms with E-state index in [0.717, 1.165) is 11.3 Å². The number of aromatic nitrogens is 1. The zero-order chi connectivity index (χ0) is 25.1. The predicted octanol–water partition coefficient (Wildman–Crippen LogP) is 3.25. The van der Waals surface area contributed by atoms with Gasteiger partial charge in [0.15, 0.2) is 5.58 Å². The summed E-state index contributed by atoms with van der Waals surface area (Å²) in [4.78, 5) is 40.9. The van der Waals surface area contributed by atoms with E-state index in [1.54, 1.807) is 25.1 Å².